The Morgan fingerprint density at radius 1 is 1.21 bits per heavy atom. The minimum Gasteiger partial charge on any atom is -0.467 e. The van der Waals surface area contributed by atoms with Crippen LogP contribution in [0.4, 0.5) is 0 Å². The van der Waals surface area contributed by atoms with Gasteiger partial charge in [0.1, 0.15) is 23.1 Å². The molecule has 1 aromatic carbocycles. The molecule has 1 unspecified atom stereocenters. The van der Waals surface area contributed by atoms with Crippen molar-refractivity contribution >= 4 is 11.0 Å². The summed E-state index contributed by atoms with van der Waals surface area (Å²) in [6.07, 6.45) is 1.72. The van der Waals surface area contributed by atoms with Crippen molar-refractivity contribution in [3.63, 3.8) is 0 Å². The lowest BCUT2D eigenvalue weighted by Crippen LogP contribution is -2.21. The van der Waals surface area contributed by atoms with Crippen LogP contribution in [0.5, 0.6) is 0 Å². The number of nitrogens with one attached hydrogen (secondary N) is 1. The van der Waals surface area contributed by atoms with Crippen molar-refractivity contribution in [3.05, 3.63) is 59.7 Å². The first kappa shape index (κ1) is 12.1. The number of furan rings is 2. The first-order chi connectivity index (χ1) is 9.29. The molecule has 1 atom stereocenters. The summed E-state index contributed by atoms with van der Waals surface area (Å²) >= 11 is 0. The SMILES string of the molecule is CCNC(c1cc2ccccc2o1)c1occc1C. The van der Waals surface area contributed by atoms with Crippen molar-refractivity contribution in [2.75, 3.05) is 6.54 Å². The second kappa shape index (κ2) is 4.94. The Bertz CT molecular complexity index is 648. The first-order valence-electron chi connectivity index (χ1n) is 6.55. The minimum absolute atomic E-state index is 0.0348. The smallest absolute Gasteiger partial charge is 0.134 e. The second-order valence-corrected chi connectivity index (χ2v) is 4.65. The topological polar surface area (TPSA) is 38.3 Å². The van der Waals surface area contributed by atoms with Gasteiger partial charge in [-0.15, -0.1) is 0 Å². The number of rotatable bonds is 4. The number of hydrogen-bond acceptors (Lipinski definition) is 3. The maximum atomic E-state index is 5.94. The number of hydrogen-bond donors (Lipinski definition) is 1. The largest absolute Gasteiger partial charge is 0.467 e. The summed E-state index contributed by atoms with van der Waals surface area (Å²) in [5.41, 5.74) is 2.04. The standard InChI is InChI=1S/C16H17NO2/c1-3-17-15(16-11(2)8-9-18-16)14-10-12-6-4-5-7-13(12)19-14/h4-10,15,17H,3H2,1-2H3. The molecule has 0 fully saturated rings. The van der Waals surface area contributed by atoms with Crippen LogP contribution in [0.3, 0.4) is 0 Å². The van der Waals surface area contributed by atoms with E-state index >= 15 is 0 Å². The molecule has 0 spiro atoms. The Labute approximate surface area is 112 Å². The Kier molecular flexibility index (Phi) is 3.13. The summed E-state index contributed by atoms with van der Waals surface area (Å²) in [6, 6.07) is 12.1. The van der Waals surface area contributed by atoms with Crippen LogP contribution in [0.15, 0.2) is 51.5 Å². The van der Waals surface area contributed by atoms with Crippen molar-refractivity contribution in [1.29, 1.82) is 0 Å². The van der Waals surface area contributed by atoms with Gasteiger partial charge < -0.3 is 14.2 Å². The Morgan fingerprint density at radius 2 is 2.05 bits per heavy atom. The van der Waals surface area contributed by atoms with Gasteiger partial charge in [-0.3, -0.25) is 0 Å². The van der Waals surface area contributed by atoms with Gasteiger partial charge in [-0.1, -0.05) is 25.1 Å². The first-order valence-corrected chi connectivity index (χ1v) is 6.55. The van der Waals surface area contributed by atoms with Crippen LogP contribution in [0.2, 0.25) is 0 Å². The number of benzene rings is 1. The molecule has 1 N–H and O–H groups in total. The minimum atomic E-state index is -0.0348. The number of aryl methyl sites for hydroxylation is 1. The van der Waals surface area contributed by atoms with Crippen LogP contribution >= 0.6 is 0 Å². The maximum absolute atomic E-state index is 5.94. The zero-order valence-corrected chi connectivity index (χ0v) is 11.1. The second-order valence-electron chi connectivity index (χ2n) is 4.65. The highest BCUT2D eigenvalue weighted by Gasteiger charge is 2.22. The molecule has 2 heterocycles. The molecule has 3 aromatic rings. The molecule has 0 aliphatic heterocycles. The highest BCUT2D eigenvalue weighted by molar-refractivity contribution is 5.77. The van der Waals surface area contributed by atoms with Gasteiger partial charge in [-0.25, -0.2) is 0 Å². The molecular formula is C16H17NO2. The number of para-hydroxylation sites is 1. The van der Waals surface area contributed by atoms with Gasteiger partial charge in [0.15, 0.2) is 0 Å². The summed E-state index contributed by atoms with van der Waals surface area (Å²) in [5, 5.41) is 4.53. The average molecular weight is 255 g/mol. The molecule has 98 valence electrons. The van der Waals surface area contributed by atoms with E-state index in [4.69, 9.17) is 8.83 Å². The Morgan fingerprint density at radius 3 is 2.74 bits per heavy atom. The van der Waals surface area contributed by atoms with E-state index in [9.17, 15) is 0 Å². The molecule has 0 amide bonds. The fraction of sp³-hybridized carbons (Fsp3) is 0.250. The van der Waals surface area contributed by atoms with Crippen LogP contribution in [-0.2, 0) is 0 Å². The average Bonchev–Trinajstić information content (AvgIpc) is 3.02. The van der Waals surface area contributed by atoms with E-state index in [1.165, 1.54) is 0 Å². The van der Waals surface area contributed by atoms with Gasteiger partial charge in [-0.05, 0) is 37.2 Å². The summed E-state index contributed by atoms with van der Waals surface area (Å²) in [6.45, 7) is 4.97. The molecule has 3 nitrogen and oxygen atoms in total. The molecule has 0 bridgehead atoms. The van der Waals surface area contributed by atoms with Crippen LogP contribution in [0.25, 0.3) is 11.0 Å². The van der Waals surface area contributed by atoms with E-state index in [-0.39, 0.29) is 6.04 Å². The molecule has 3 rings (SSSR count). The predicted molar refractivity (Wildman–Crippen MR) is 75.2 cm³/mol. The summed E-state index contributed by atoms with van der Waals surface area (Å²) < 4.78 is 11.5. The number of fused-ring (bicyclic) bond motifs is 1. The third-order valence-electron chi connectivity index (χ3n) is 3.30. The third-order valence-corrected chi connectivity index (χ3v) is 3.30. The van der Waals surface area contributed by atoms with Crippen molar-refractivity contribution in [2.45, 2.75) is 19.9 Å². The Hall–Kier alpha value is -2.00. The van der Waals surface area contributed by atoms with Crippen LogP contribution in [0.1, 0.15) is 30.0 Å². The van der Waals surface area contributed by atoms with E-state index in [2.05, 4.69) is 24.4 Å². The van der Waals surface area contributed by atoms with Crippen molar-refractivity contribution in [1.82, 2.24) is 5.32 Å². The fourth-order valence-electron chi connectivity index (χ4n) is 2.35. The molecule has 0 radical (unpaired) electrons. The van der Waals surface area contributed by atoms with E-state index in [0.717, 1.165) is 34.6 Å². The van der Waals surface area contributed by atoms with E-state index in [0.29, 0.717) is 0 Å². The highest BCUT2D eigenvalue weighted by atomic mass is 16.4. The molecular weight excluding hydrogens is 238 g/mol. The van der Waals surface area contributed by atoms with Gasteiger partial charge in [0.2, 0.25) is 0 Å². The monoisotopic (exact) mass is 255 g/mol. The zero-order chi connectivity index (χ0) is 13.2. The van der Waals surface area contributed by atoms with Crippen LogP contribution in [-0.4, -0.2) is 6.54 Å². The normalized spacial score (nSPS) is 12.9. The zero-order valence-electron chi connectivity index (χ0n) is 11.1. The molecule has 0 saturated heterocycles. The lowest BCUT2D eigenvalue weighted by atomic mass is 10.1. The van der Waals surface area contributed by atoms with E-state index in [1.807, 2.05) is 31.2 Å². The molecule has 3 heteroatoms. The van der Waals surface area contributed by atoms with Gasteiger partial charge in [0.05, 0.1) is 6.26 Å². The van der Waals surface area contributed by atoms with Crippen LogP contribution in [0, 0.1) is 6.92 Å². The summed E-state index contributed by atoms with van der Waals surface area (Å²) in [7, 11) is 0. The molecule has 0 aliphatic rings. The van der Waals surface area contributed by atoms with Crippen molar-refractivity contribution in [2.24, 2.45) is 0 Å². The van der Waals surface area contributed by atoms with Crippen molar-refractivity contribution in [3.8, 4) is 0 Å². The lowest BCUT2D eigenvalue weighted by molar-refractivity contribution is 0.402. The predicted octanol–water partition coefficient (Wildman–Crippen LogP) is 4.03. The fourth-order valence-corrected chi connectivity index (χ4v) is 2.35. The summed E-state index contributed by atoms with van der Waals surface area (Å²) in [5.74, 6) is 1.81. The van der Waals surface area contributed by atoms with Crippen molar-refractivity contribution < 1.29 is 8.83 Å². The van der Waals surface area contributed by atoms with Gasteiger partial charge in [-0.2, -0.15) is 0 Å². The summed E-state index contributed by atoms with van der Waals surface area (Å²) in [4.78, 5) is 0. The third kappa shape index (κ3) is 2.17. The highest BCUT2D eigenvalue weighted by Crippen LogP contribution is 2.30. The van der Waals surface area contributed by atoms with E-state index in [1.54, 1.807) is 6.26 Å². The van der Waals surface area contributed by atoms with Gasteiger partial charge >= 0.3 is 0 Å². The van der Waals surface area contributed by atoms with E-state index < -0.39 is 0 Å². The molecule has 0 saturated carbocycles. The lowest BCUT2D eigenvalue weighted by Gasteiger charge is -2.13. The van der Waals surface area contributed by atoms with Gasteiger partial charge in [0, 0.05) is 5.39 Å². The Balaban J connectivity index is 2.07. The molecule has 2 aromatic heterocycles. The van der Waals surface area contributed by atoms with Crippen LogP contribution < -0.4 is 5.32 Å². The van der Waals surface area contributed by atoms with Gasteiger partial charge in [0.25, 0.3) is 0 Å². The quantitative estimate of drug-likeness (QED) is 0.764. The maximum Gasteiger partial charge on any atom is 0.134 e. The molecule has 19 heavy (non-hydrogen) atoms. The molecule has 0 aliphatic carbocycles.